The van der Waals surface area contributed by atoms with Crippen molar-refractivity contribution in [3.8, 4) is 0 Å². The van der Waals surface area contributed by atoms with Crippen molar-refractivity contribution in [1.29, 1.82) is 0 Å². The van der Waals surface area contributed by atoms with Crippen LogP contribution in [0.5, 0.6) is 0 Å². The molecular weight excluding hydrogens is 256 g/mol. The van der Waals surface area contributed by atoms with Crippen molar-refractivity contribution in [3.63, 3.8) is 0 Å². The molecule has 2 nitrogen and oxygen atoms in total. The van der Waals surface area contributed by atoms with Gasteiger partial charge in [-0.1, -0.05) is 0 Å². The fraction of sp³-hybridized carbons (Fsp3) is 0.684. The number of nitrogens with zero attached hydrogens (tertiary/aromatic N) is 1. The number of benzene rings is 1. The van der Waals surface area contributed by atoms with E-state index in [-0.39, 0.29) is 0 Å². The van der Waals surface area contributed by atoms with Crippen molar-refractivity contribution >= 4 is 11.4 Å². The highest BCUT2D eigenvalue weighted by atomic mass is 15.1. The molecule has 21 heavy (non-hydrogen) atoms. The first-order chi connectivity index (χ1) is 10.1. The van der Waals surface area contributed by atoms with E-state index in [1.54, 1.807) is 0 Å². The molecule has 0 amide bonds. The van der Waals surface area contributed by atoms with E-state index in [9.17, 15) is 0 Å². The predicted molar refractivity (Wildman–Crippen MR) is 90.0 cm³/mol. The van der Waals surface area contributed by atoms with Gasteiger partial charge in [0.25, 0.3) is 0 Å². The Morgan fingerprint density at radius 2 is 1.57 bits per heavy atom. The fourth-order valence-corrected chi connectivity index (χ4v) is 5.43. The number of anilines is 2. The van der Waals surface area contributed by atoms with Crippen LogP contribution < -0.4 is 10.2 Å². The van der Waals surface area contributed by atoms with E-state index < -0.39 is 0 Å². The van der Waals surface area contributed by atoms with Crippen molar-refractivity contribution in [2.75, 3.05) is 24.3 Å². The Balaban J connectivity index is 1.54. The minimum absolute atomic E-state index is 0.738. The third kappa shape index (κ3) is 2.33. The molecule has 114 valence electrons. The number of hydrogen-bond acceptors (Lipinski definition) is 2. The Labute approximate surface area is 128 Å². The summed E-state index contributed by atoms with van der Waals surface area (Å²) in [6.45, 7) is 2.24. The van der Waals surface area contributed by atoms with E-state index in [0.29, 0.717) is 0 Å². The van der Waals surface area contributed by atoms with Crippen LogP contribution in [0.1, 0.15) is 37.7 Å². The smallest absolute Gasteiger partial charge is 0.0373 e. The zero-order valence-electron chi connectivity index (χ0n) is 13.6. The average molecular weight is 284 g/mol. The molecule has 4 saturated carbocycles. The lowest BCUT2D eigenvalue weighted by Crippen LogP contribution is -2.51. The Morgan fingerprint density at radius 3 is 2.10 bits per heavy atom. The third-order valence-corrected chi connectivity index (χ3v) is 6.28. The third-order valence-electron chi connectivity index (χ3n) is 6.28. The summed E-state index contributed by atoms with van der Waals surface area (Å²) >= 11 is 0. The molecule has 4 aliphatic carbocycles. The van der Waals surface area contributed by atoms with E-state index in [1.165, 1.54) is 49.0 Å². The van der Waals surface area contributed by atoms with E-state index in [1.807, 2.05) is 0 Å². The fourth-order valence-electron chi connectivity index (χ4n) is 5.43. The molecule has 0 heterocycles. The summed E-state index contributed by atoms with van der Waals surface area (Å²) in [6.07, 6.45) is 7.48. The van der Waals surface area contributed by atoms with Gasteiger partial charge >= 0.3 is 0 Å². The second kappa shape index (κ2) is 4.93. The van der Waals surface area contributed by atoms with Gasteiger partial charge in [-0.3, -0.25) is 0 Å². The second-order valence-corrected chi connectivity index (χ2v) is 7.99. The first kappa shape index (κ1) is 13.5. The summed E-state index contributed by atoms with van der Waals surface area (Å²) in [5, 5.41) is 3.94. The summed E-state index contributed by atoms with van der Waals surface area (Å²) in [6, 6.07) is 7.57. The molecule has 4 aliphatic rings. The molecule has 4 fully saturated rings. The molecular formula is C19H28N2. The Morgan fingerprint density at radius 1 is 0.952 bits per heavy atom. The van der Waals surface area contributed by atoms with Crippen LogP contribution >= 0.6 is 0 Å². The van der Waals surface area contributed by atoms with Crippen molar-refractivity contribution < 1.29 is 0 Å². The highest BCUT2D eigenvalue weighted by molar-refractivity contribution is 5.60. The first-order valence-corrected chi connectivity index (χ1v) is 8.64. The monoisotopic (exact) mass is 284 g/mol. The number of hydrogen-bond donors (Lipinski definition) is 1. The maximum absolute atomic E-state index is 3.94. The van der Waals surface area contributed by atoms with Crippen LogP contribution in [0.2, 0.25) is 0 Å². The van der Waals surface area contributed by atoms with Gasteiger partial charge in [-0.2, -0.15) is 0 Å². The molecule has 0 aromatic heterocycles. The maximum atomic E-state index is 3.94. The van der Waals surface area contributed by atoms with Gasteiger partial charge in [-0.05, 0) is 86.5 Å². The molecule has 2 heteroatoms. The van der Waals surface area contributed by atoms with Crippen LogP contribution in [0.15, 0.2) is 18.2 Å². The molecule has 0 unspecified atom stereocenters. The molecule has 5 rings (SSSR count). The normalized spacial score (nSPS) is 36.8. The second-order valence-electron chi connectivity index (χ2n) is 7.99. The van der Waals surface area contributed by atoms with Crippen LogP contribution in [0.3, 0.4) is 0 Å². The average Bonchev–Trinajstić information content (AvgIpc) is 2.43. The minimum Gasteiger partial charge on any atom is -0.382 e. The van der Waals surface area contributed by atoms with Crippen LogP contribution in [0.4, 0.5) is 11.4 Å². The van der Waals surface area contributed by atoms with Gasteiger partial charge in [0, 0.05) is 31.5 Å². The maximum Gasteiger partial charge on any atom is 0.0373 e. The van der Waals surface area contributed by atoms with Crippen molar-refractivity contribution in [2.24, 2.45) is 23.7 Å². The zero-order valence-corrected chi connectivity index (χ0v) is 13.6. The summed E-state index contributed by atoms with van der Waals surface area (Å²) in [7, 11) is 4.22. The molecule has 4 bridgehead atoms. The molecule has 0 radical (unpaired) electrons. The Kier molecular flexibility index (Phi) is 3.16. The van der Waals surface area contributed by atoms with Crippen LogP contribution in [-0.4, -0.2) is 20.1 Å². The minimum atomic E-state index is 0.738. The number of nitrogens with one attached hydrogen (secondary N) is 1. The lowest BCUT2D eigenvalue weighted by Gasteiger charge is -2.54. The van der Waals surface area contributed by atoms with Gasteiger partial charge in [0.2, 0.25) is 0 Å². The van der Waals surface area contributed by atoms with Crippen LogP contribution in [-0.2, 0) is 0 Å². The van der Waals surface area contributed by atoms with Crippen molar-refractivity contribution in [1.82, 2.24) is 0 Å². The quantitative estimate of drug-likeness (QED) is 0.890. The lowest BCUT2D eigenvalue weighted by atomic mass is 9.54. The predicted octanol–water partition coefficient (Wildman–Crippen LogP) is 4.30. The SMILES string of the molecule is Cc1cc(N(C)C)ccc1NC1C2CC3CC(C2)CC1C3. The highest BCUT2D eigenvalue weighted by Crippen LogP contribution is 2.54. The van der Waals surface area contributed by atoms with Gasteiger partial charge < -0.3 is 10.2 Å². The van der Waals surface area contributed by atoms with Crippen LogP contribution in [0.25, 0.3) is 0 Å². The van der Waals surface area contributed by atoms with Gasteiger partial charge in [0.05, 0.1) is 0 Å². The zero-order chi connectivity index (χ0) is 14.6. The van der Waals surface area contributed by atoms with E-state index in [4.69, 9.17) is 0 Å². The molecule has 0 saturated heterocycles. The van der Waals surface area contributed by atoms with Gasteiger partial charge in [0.1, 0.15) is 0 Å². The lowest BCUT2D eigenvalue weighted by molar-refractivity contribution is 0.00752. The molecule has 1 aromatic rings. The summed E-state index contributed by atoms with van der Waals surface area (Å²) in [5.41, 5.74) is 4.04. The molecule has 0 aliphatic heterocycles. The summed E-state index contributed by atoms with van der Waals surface area (Å²) in [4.78, 5) is 2.18. The van der Waals surface area contributed by atoms with E-state index >= 15 is 0 Å². The van der Waals surface area contributed by atoms with Crippen molar-refractivity contribution in [3.05, 3.63) is 23.8 Å². The van der Waals surface area contributed by atoms with E-state index in [0.717, 1.165) is 29.7 Å². The molecule has 1 aromatic carbocycles. The summed E-state index contributed by atoms with van der Waals surface area (Å²) in [5.74, 6) is 3.99. The number of aryl methyl sites for hydroxylation is 1. The Hall–Kier alpha value is -1.18. The number of rotatable bonds is 3. The molecule has 0 atom stereocenters. The first-order valence-electron chi connectivity index (χ1n) is 8.64. The topological polar surface area (TPSA) is 15.3 Å². The summed E-state index contributed by atoms with van der Waals surface area (Å²) < 4.78 is 0. The standard InChI is InChI=1S/C19H28N2/c1-12-6-17(21(2)3)4-5-18(12)20-19-15-8-13-7-14(10-15)11-16(19)9-13/h4-6,13-16,19-20H,7-11H2,1-3H3. The van der Waals surface area contributed by atoms with Gasteiger partial charge in [0.15, 0.2) is 0 Å². The molecule has 0 spiro atoms. The Bertz CT molecular complexity index is 506. The van der Waals surface area contributed by atoms with Crippen LogP contribution in [0, 0.1) is 30.6 Å². The van der Waals surface area contributed by atoms with Crippen molar-refractivity contribution in [2.45, 2.75) is 45.1 Å². The molecule has 1 N–H and O–H groups in total. The van der Waals surface area contributed by atoms with Gasteiger partial charge in [-0.15, -0.1) is 0 Å². The van der Waals surface area contributed by atoms with E-state index in [2.05, 4.69) is 49.4 Å². The largest absolute Gasteiger partial charge is 0.382 e. The van der Waals surface area contributed by atoms with Gasteiger partial charge in [-0.25, -0.2) is 0 Å². The highest BCUT2D eigenvalue weighted by Gasteiger charge is 2.48.